The summed E-state index contributed by atoms with van der Waals surface area (Å²) >= 11 is 0. The van der Waals surface area contributed by atoms with Crippen LogP contribution in [0.2, 0.25) is 0 Å². The third kappa shape index (κ3) is 2.39. The number of hydrogen-bond donors (Lipinski definition) is 2. The molecule has 0 aliphatic carbocycles. The van der Waals surface area contributed by atoms with Crippen LogP contribution < -0.4 is 5.73 Å². The van der Waals surface area contributed by atoms with Gasteiger partial charge in [0.1, 0.15) is 5.52 Å². The lowest BCUT2D eigenvalue weighted by molar-refractivity contribution is 0.0993. The number of nitrogen functional groups attached to an aromatic ring is 1. The summed E-state index contributed by atoms with van der Waals surface area (Å²) < 4.78 is 5.66. The lowest BCUT2D eigenvalue weighted by Crippen LogP contribution is -2.47. The number of amides is 1. The number of oxazole rings is 1. The number of hydrogen-bond acceptors (Lipinski definition) is 5. The molecule has 0 unspecified atom stereocenters. The number of carbonyl (C=O) groups is 1. The molecule has 1 aliphatic rings. The SMILES string of the molecule is Nc1cccc2oc(CN3CCN(C(=O)O)CC3)nc12. The third-order valence-electron chi connectivity index (χ3n) is 3.50. The summed E-state index contributed by atoms with van der Waals surface area (Å²) in [5, 5.41) is 8.90. The number of para-hydroxylation sites is 1. The maximum absolute atomic E-state index is 10.8. The smallest absolute Gasteiger partial charge is 0.407 e. The molecular weight excluding hydrogens is 260 g/mol. The van der Waals surface area contributed by atoms with Gasteiger partial charge in [-0.1, -0.05) is 6.07 Å². The molecule has 1 aromatic carbocycles. The van der Waals surface area contributed by atoms with E-state index < -0.39 is 6.09 Å². The number of carboxylic acid groups (broad SMARTS) is 1. The molecule has 0 radical (unpaired) electrons. The molecule has 1 fully saturated rings. The molecule has 2 aromatic rings. The van der Waals surface area contributed by atoms with Crippen molar-refractivity contribution in [1.82, 2.24) is 14.8 Å². The number of aromatic nitrogens is 1. The Hall–Kier alpha value is -2.28. The Morgan fingerprint density at radius 1 is 1.35 bits per heavy atom. The zero-order valence-electron chi connectivity index (χ0n) is 11.0. The fourth-order valence-corrected chi connectivity index (χ4v) is 2.37. The van der Waals surface area contributed by atoms with Gasteiger partial charge in [0.15, 0.2) is 5.58 Å². The van der Waals surface area contributed by atoms with Crippen molar-refractivity contribution in [3.05, 3.63) is 24.1 Å². The fourth-order valence-electron chi connectivity index (χ4n) is 2.37. The number of nitrogens with two attached hydrogens (primary N) is 1. The predicted molar refractivity (Wildman–Crippen MR) is 73.3 cm³/mol. The number of anilines is 1. The summed E-state index contributed by atoms with van der Waals surface area (Å²) in [5.74, 6) is 0.613. The Morgan fingerprint density at radius 3 is 2.75 bits per heavy atom. The molecule has 2 heterocycles. The first-order chi connectivity index (χ1) is 9.63. The molecule has 3 N–H and O–H groups in total. The van der Waals surface area contributed by atoms with E-state index in [1.165, 1.54) is 4.90 Å². The molecule has 1 saturated heterocycles. The van der Waals surface area contributed by atoms with Gasteiger partial charge in [-0.15, -0.1) is 0 Å². The highest BCUT2D eigenvalue weighted by molar-refractivity contribution is 5.85. The van der Waals surface area contributed by atoms with Gasteiger partial charge in [0.2, 0.25) is 5.89 Å². The van der Waals surface area contributed by atoms with Crippen LogP contribution in [0.4, 0.5) is 10.5 Å². The molecular formula is C13H16N4O3. The van der Waals surface area contributed by atoms with Crippen molar-refractivity contribution in [2.45, 2.75) is 6.54 Å². The molecule has 0 bridgehead atoms. The summed E-state index contributed by atoms with van der Waals surface area (Å²) in [6, 6.07) is 5.46. The minimum atomic E-state index is -0.862. The van der Waals surface area contributed by atoms with Crippen LogP contribution in [0, 0.1) is 0 Å². The number of piperazine rings is 1. The van der Waals surface area contributed by atoms with Crippen molar-refractivity contribution in [2.75, 3.05) is 31.9 Å². The van der Waals surface area contributed by atoms with Gasteiger partial charge in [-0.3, -0.25) is 4.90 Å². The molecule has 1 aromatic heterocycles. The maximum atomic E-state index is 10.8. The molecule has 1 aliphatic heterocycles. The number of rotatable bonds is 2. The number of benzene rings is 1. The second kappa shape index (κ2) is 5.01. The first-order valence-electron chi connectivity index (χ1n) is 6.47. The van der Waals surface area contributed by atoms with Crippen LogP contribution in [0.3, 0.4) is 0 Å². The summed E-state index contributed by atoms with van der Waals surface area (Å²) in [6.45, 7) is 2.96. The van der Waals surface area contributed by atoms with Gasteiger partial charge in [-0.05, 0) is 12.1 Å². The van der Waals surface area contributed by atoms with Crippen LogP contribution >= 0.6 is 0 Å². The fraction of sp³-hybridized carbons (Fsp3) is 0.385. The number of fused-ring (bicyclic) bond motifs is 1. The Morgan fingerprint density at radius 2 is 2.10 bits per heavy atom. The highest BCUT2D eigenvalue weighted by Crippen LogP contribution is 2.22. The van der Waals surface area contributed by atoms with Crippen LogP contribution in [0.25, 0.3) is 11.1 Å². The minimum Gasteiger partial charge on any atom is -0.465 e. The minimum absolute atomic E-state index is 0.512. The van der Waals surface area contributed by atoms with E-state index in [9.17, 15) is 4.79 Å². The van der Waals surface area contributed by atoms with E-state index in [0.717, 1.165) is 0 Å². The Balaban J connectivity index is 1.68. The average molecular weight is 276 g/mol. The quantitative estimate of drug-likeness (QED) is 0.800. The molecule has 0 saturated carbocycles. The van der Waals surface area contributed by atoms with Crippen molar-refractivity contribution in [3.63, 3.8) is 0 Å². The van der Waals surface area contributed by atoms with Gasteiger partial charge in [0.05, 0.1) is 12.2 Å². The summed E-state index contributed by atoms with van der Waals surface area (Å²) in [6.07, 6.45) is -0.862. The molecule has 7 nitrogen and oxygen atoms in total. The zero-order valence-corrected chi connectivity index (χ0v) is 11.0. The van der Waals surface area contributed by atoms with E-state index >= 15 is 0 Å². The van der Waals surface area contributed by atoms with Crippen LogP contribution in [-0.2, 0) is 6.54 Å². The molecule has 106 valence electrons. The summed E-state index contributed by atoms with van der Waals surface area (Å²) in [7, 11) is 0. The number of nitrogens with zero attached hydrogens (tertiary/aromatic N) is 3. The van der Waals surface area contributed by atoms with Gasteiger partial charge in [0, 0.05) is 26.2 Å². The maximum Gasteiger partial charge on any atom is 0.407 e. The van der Waals surface area contributed by atoms with Crippen molar-refractivity contribution in [2.24, 2.45) is 0 Å². The highest BCUT2D eigenvalue weighted by atomic mass is 16.4. The summed E-state index contributed by atoms with van der Waals surface area (Å²) in [4.78, 5) is 18.8. The van der Waals surface area contributed by atoms with Crippen LogP contribution in [0.1, 0.15) is 5.89 Å². The average Bonchev–Trinajstić information content (AvgIpc) is 2.83. The lowest BCUT2D eigenvalue weighted by Gasteiger charge is -2.32. The molecule has 7 heteroatoms. The van der Waals surface area contributed by atoms with E-state index in [1.807, 2.05) is 12.1 Å². The van der Waals surface area contributed by atoms with Crippen LogP contribution in [0.5, 0.6) is 0 Å². The monoisotopic (exact) mass is 276 g/mol. The molecule has 0 atom stereocenters. The van der Waals surface area contributed by atoms with Crippen molar-refractivity contribution >= 4 is 22.9 Å². The molecule has 1 amide bonds. The largest absolute Gasteiger partial charge is 0.465 e. The Kier molecular flexibility index (Phi) is 3.19. The van der Waals surface area contributed by atoms with E-state index in [0.29, 0.717) is 55.4 Å². The van der Waals surface area contributed by atoms with Crippen molar-refractivity contribution in [3.8, 4) is 0 Å². The third-order valence-corrected chi connectivity index (χ3v) is 3.50. The molecule has 0 spiro atoms. The second-order valence-corrected chi connectivity index (χ2v) is 4.85. The zero-order chi connectivity index (χ0) is 14.1. The summed E-state index contributed by atoms with van der Waals surface area (Å²) in [5.41, 5.74) is 7.82. The Bertz CT molecular complexity index is 632. The normalized spacial score (nSPS) is 16.7. The van der Waals surface area contributed by atoms with Gasteiger partial charge >= 0.3 is 6.09 Å². The molecule has 20 heavy (non-hydrogen) atoms. The van der Waals surface area contributed by atoms with Gasteiger partial charge in [0.25, 0.3) is 0 Å². The Labute approximate surface area is 115 Å². The lowest BCUT2D eigenvalue weighted by atomic mass is 10.3. The predicted octanol–water partition coefficient (Wildman–Crippen LogP) is 1.21. The standard InChI is InChI=1S/C13H16N4O3/c14-9-2-1-3-10-12(9)15-11(20-10)8-16-4-6-17(7-5-16)13(18)19/h1-3H,4-8,14H2,(H,18,19). The van der Waals surface area contributed by atoms with Crippen LogP contribution in [0.15, 0.2) is 22.6 Å². The van der Waals surface area contributed by atoms with Gasteiger partial charge < -0.3 is 20.2 Å². The van der Waals surface area contributed by atoms with Crippen LogP contribution in [-0.4, -0.2) is 52.2 Å². The van der Waals surface area contributed by atoms with E-state index in [-0.39, 0.29) is 0 Å². The van der Waals surface area contributed by atoms with E-state index in [4.69, 9.17) is 15.3 Å². The second-order valence-electron chi connectivity index (χ2n) is 4.85. The van der Waals surface area contributed by atoms with E-state index in [1.54, 1.807) is 6.07 Å². The molecule has 3 rings (SSSR count). The van der Waals surface area contributed by atoms with Crippen molar-refractivity contribution in [1.29, 1.82) is 0 Å². The van der Waals surface area contributed by atoms with Crippen molar-refractivity contribution < 1.29 is 14.3 Å². The van der Waals surface area contributed by atoms with E-state index in [2.05, 4.69) is 9.88 Å². The first-order valence-corrected chi connectivity index (χ1v) is 6.47. The highest BCUT2D eigenvalue weighted by Gasteiger charge is 2.21. The van der Waals surface area contributed by atoms with Gasteiger partial charge in [-0.25, -0.2) is 9.78 Å². The topological polar surface area (TPSA) is 95.8 Å². The van der Waals surface area contributed by atoms with Gasteiger partial charge in [-0.2, -0.15) is 0 Å². The first kappa shape index (κ1) is 12.7.